The lowest BCUT2D eigenvalue weighted by atomic mass is 9.55. The second kappa shape index (κ2) is 19.9. The molecular formula is C49H58FN3O7. The van der Waals surface area contributed by atoms with Gasteiger partial charge in [-0.15, -0.1) is 6.58 Å². The molecule has 0 aromatic heterocycles. The van der Waals surface area contributed by atoms with E-state index in [2.05, 4.69) is 25.3 Å². The number of halogens is 1. The lowest BCUT2D eigenvalue weighted by Crippen LogP contribution is -2.70. The lowest BCUT2D eigenvalue weighted by Gasteiger charge is -2.60. The average Bonchev–Trinajstić information content (AvgIpc) is 3.24. The van der Waals surface area contributed by atoms with Crippen LogP contribution in [-0.2, 0) is 16.1 Å². The van der Waals surface area contributed by atoms with Crippen molar-refractivity contribution in [3.63, 3.8) is 0 Å². The Morgan fingerprint density at radius 2 is 1.70 bits per heavy atom. The molecule has 1 heterocycles. The first-order valence-electron chi connectivity index (χ1n) is 21.0. The number of allylic oxidation sites excluding steroid dienone is 1. The molecule has 1 amide bonds. The fourth-order valence-electron chi connectivity index (χ4n) is 9.05. The quantitative estimate of drug-likeness (QED) is 0.0696. The second-order valence-corrected chi connectivity index (χ2v) is 16.8. The highest BCUT2D eigenvalue weighted by atomic mass is 19.1. The third-order valence-corrected chi connectivity index (χ3v) is 11.6. The van der Waals surface area contributed by atoms with Gasteiger partial charge in [-0.2, -0.15) is 5.26 Å². The molecule has 2 aliphatic carbocycles. The number of ether oxygens (including phenoxy) is 3. The summed E-state index contributed by atoms with van der Waals surface area (Å²) >= 11 is 0. The summed E-state index contributed by atoms with van der Waals surface area (Å²) in [7, 11) is 0. The van der Waals surface area contributed by atoms with Crippen LogP contribution in [0.3, 0.4) is 0 Å². The smallest absolute Gasteiger partial charge is 0.254 e. The van der Waals surface area contributed by atoms with Gasteiger partial charge < -0.3 is 34.2 Å². The summed E-state index contributed by atoms with van der Waals surface area (Å²) in [6.07, 6.45) is 10.3. The van der Waals surface area contributed by atoms with Crippen LogP contribution in [0.5, 0.6) is 11.5 Å². The number of carbonyl (C=O) groups excluding carboxylic acids is 1. The van der Waals surface area contributed by atoms with E-state index in [0.717, 1.165) is 36.8 Å². The van der Waals surface area contributed by atoms with E-state index in [1.807, 2.05) is 39.0 Å². The van der Waals surface area contributed by atoms with E-state index in [1.165, 1.54) is 12.1 Å². The van der Waals surface area contributed by atoms with Crippen LogP contribution in [0.25, 0.3) is 0 Å². The molecular weight excluding hydrogens is 762 g/mol. The van der Waals surface area contributed by atoms with Crippen molar-refractivity contribution in [1.29, 1.82) is 5.26 Å². The van der Waals surface area contributed by atoms with Crippen molar-refractivity contribution in [3.05, 3.63) is 132 Å². The van der Waals surface area contributed by atoms with Crippen LogP contribution in [-0.4, -0.2) is 70.6 Å². The molecule has 3 aliphatic rings. The molecule has 0 spiro atoms. The molecule has 1 aliphatic heterocycles. The SMILES string of the molecule is C=CCOc1ccc2c(c1)C1C(CCCCO)C(CCCCO)C=C3C(=NOC(C)(C)C)CC(N(Cc4ccc(F)cc4)C(=O)c4ccc(C#N)cc4)C(OCC=C)(O2)C31. The zero-order valence-corrected chi connectivity index (χ0v) is 35.0. The summed E-state index contributed by atoms with van der Waals surface area (Å²) in [6, 6.07) is 19.7. The van der Waals surface area contributed by atoms with Crippen molar-refractivity contribution in [1.82, 2.24) is 4.90 Å². The van der Waals surface area contributed by atoms with Crippen LogP contribution in [0, 0.1) is 34.9 Å². The van der Waals surface area contributed by atoms with Gasteiger partial charge in [0, 0.05) is 43.2 Å². The molecule has 6 atom stereocenters. The Hall–Kier alpha value is -5.28. The van der Waals surface area contributed by atoms with Crippen LogP contribution in [0.4, 0.5) is 4.39 Å². The maximum Gasteiger partial charge on any atom is 0.254 e. The Morgan fingerprint density at radius 3 is 2.35 bits per heavy atom. The van der Waals surface area contributed by atoms with Gasteiger partial charge in [-0.1, -0.05) is 54.9 Å². The number of aliphatic hydroxyl groups is 2. The summed E-state index contributed by atoms with van der Waals surface area (Å²) in [5.41, 5.74) is 3.32. The minimum Gasteiger partial charge on any atom is -0.490 e. The van der Waals surface area contributed by atoms with E-state index >= 15 is 4.79 Å². The molecule has 0 bridgehead atoms. The summed E-state index contributed by atoms with van der Waals surface area (Å²) in [6.45, 7) is 14.3. The number of unbranched alkanes of at least 4 members (excludes halogenated alkanes) is 2. The molecule has 1 fully saturated rings. The van der Waals surface area contributed by atoms with E-state index in [1.54, 1.807) is 53.5 Å². The number of rotatable bonds is 19. The minimum absolute atomic E-state index is 0.0244. The molecule has 2 N–H and O–H groups in total. The van der Waals surface area contributed by atoms with Gasteiger partial charge in [0.25, 0.3) is 5.91 Å². The Balaban J connectivity index is 1.65. The van der Waals surface area contributed by atoms with Crippen LogP contribution in [0.2, 0.25) is 0 Å². The second-order valence-electron chi connectivity index (χ2n) is 16.8. The molecule has 318 valence electrons. The first-order valence-corrected chi connectivity index (χ1v) is 21.0. The summed E-state index contributed by atoms with van der Waals surface area (Å²) in [4.78, 5) is 23.2. The third kappa shape index (κ3) is 9.84. The zero-order valence-electron chi connectivity index (χ0n) is 35.0. The monoisotopic (exact) mass is 819 g/mol. The summed E-state index contributed by atoms with van der Waals surface area (Å²) < 4.78 is 34.9. The standard InChI is InChI=1S/C49H58FN3O7/c1-6-26-57-38-22-23-43-41(29-38)45-39(13-9-11-25-55)36(12-8-10-24-54)28-40-42(52-60-48(3,4)5)30-44(49(59-43,46(40)45)58-27-7-2)53(32-34-16-20-37(50)21-17-34)47(56)35-18-14-33(31-51)15-19-35/h6-7,14-23,28-29,36,39,44-46,54-55H,1-2,8-13,24-27,30,32H2,3-5H3. The number of amides is 1. The molecule has 11 heteroatoms. The van der Waals surface area contributed by atoms with Crippen molar-refractivity contribution in [2.45, 2.75) is 95.6 Å². The lowest BCUT2D eigenvalue weighted by molar-refractivity contribution is -0.255. The summed E-state index contributed by atoms with van der Waals surface area (Å²) in [5, 5.41) is 34.3. The average molecular weight is 820 g/mol. The molecule has 10 nitrogen and oxygen atoms in total. The fraction of sp³-hybridized carbons (Fsp3) is 0.449. The molecule has 3 aromatic carbocycles. The minimum atomic E-state index is -1.50. The predicted molar refractivity (Wildman–Crippen MR) is 229 cm³/mol. The van der Waals surface area contributed by atoms with Gasteiger partial charge in [0.15, 0.2) is 0 Å². The van der Waals surface area contributed by atoms with E-state index < -0.39 is 29.2 Å². The number of benzene rings is 3. The largest absolute Gasteiger partial charge is 0.490 e. The van der Waals surface area contributed by atoms with Gasteiger partial charge in [-0.3, -0.25) is 4.79 Å². The number of fused-ring (bicyclic) bond motifs is 2. The maximum absolute atomic E-state index is 15.2. The molecule has 0 saturated heterocycles. The maximum atomic E-state index is 15.2. The van der Waals surface area contributed by atoms with Crippen molar-refractivity contribution >= 4 is 11.6 Å². The van der Waals surface area contributed by atoms with Crippen LogP contribution in [0.1, 0.15) is 98.7 Å². The molecule has 1 saturated carbocycles. The molecule has 60 heavy (non-hydrogen) atoms. The number of carbonyl (C=O) groups is 1. The van der Waals surface area contributed by atoms with E-state index in [9.17, 15) is 19.9 Å². The zero-order chi connectivity index (χ0) is 42.9. The first kappa shape index (κ1) is 44.3. The van der Waals surface area contributed by atoms with E-state index in [0.29, 0.717) is 53.3 Å². The first-order chi connectivity index (χ1) is 29.0. The van der Waals surface area contributed by atoms with Gasteiger partial charge in [0.2, 0.25) is 5.79 Å². The third-order valence-electron chi connectivity index (χ3n) is 11.6. The Kier molecular flexibility index (Phi) is 14.7. The van der Waals surface area contributed by atoms with Gasteiger partial charge in [-0.05, 0) is 124 Å². The molecule has 0 radical (unpaired) electrons. The number of hydrogen-bond donors (Lipinski definition) is 2. The van der Waals surface area contributed by atoms with E-state index in [4.69, 9.17) is 24.2 Å². The number of aliphatic hydroxyl groups excluding tert-OH is 2. The number of nitrogens with zero attached hydrogens (tertiary/aromatic N) is 3. The van der Waals surface area contributed by atoms with E-state index in [-0.39, 0.29) is 56.4 Å². The van der Waals surface area contributed by atoms with Crippen molar-refractivity contribution < 1.29 is 38.4 Å². The van der Waals surface area contributed by atoms with Gasteiger partial charge in [-0.25, -0.2) is 4.39 Å². The molecule has 6 rings (SSSR count). The topological polar surface area (TPSA) is 134 Å². The Morgan fingerprint density at radius 1 is 1.00 bits per heavy atom. The normalized spacial score (nSPS) is 23.6. The van der Waals surface area contributed by atoms with Gasteiger partial charge in [0.1, 0.15) is 35.6 Å². The van der Waals surface area contributed by atoms with Crippen LogP contribution in [0.15, 0.2) is 109 Å². The van der Waals surface area contributed by atoms with Crippen LogP contribution < -0.4 is 9.47 Å². The highest BCUT2D eigenvalue weighted by Gasteiger charge is 2.65. The van der Waals surface area contributed by atoms with Gasteiger partial charge in [0.05, 0.1) is 29.9 Å². The number of oxime groups is 1. The van der Waals surface area contributed by atoms with Crippen molar-refractivity contribution in [3.8, 4) is 17.6 Å². The fourth-order valence-corrected chi connectivity index (χ4v) is 9.05. The number of hydrogen-bond acceptors (Lipinski definition) is 9. The molecule has 6 unspecified atom stereocenters. The van der Waals surface area contributed by atoms with Gasteiger partial charge >= 0.3 is 0 Å². The highest BCUT2D eigenvalue weighted by Crippen LogP contribution is 2.62. The number of nitriles is 1. The predicted octanol–water partition coefficient (Wildman–Crippen LogP) is 9.04. The molecule has 3 aromatic rings. The van der Waals surface area contributed by atoms with Crippen LogP contribution >= 0.6 is 0 Å². The Labute approximate surface area is 353 Å². The Bertz CT molecular complexity index is 2070. The summed E-state index contributed by atoms with van der Waals surface area (Å²) in [5.74, 6) is -1.68. The van der Waals surface area contributed by atoms with Crippen molar-refractivity contribution in [2.75, 3.05) is 26.4 Å². The van der Waals surface area contributed by atoms with Crippen molar-refractivity contribution in [2.24, 2.45) is 22.9 Å². The highest BCUT2D eigenvalue weighted by molar-refractivity contribution is 6.03.